The van der Waals surface area contributed by atoms with Gasteiger partial charge in [-0.3, -0.25) is 13.9 Å². The highest BCUT2D eigenvalue weighted by molar-refractivity contribution is 5.80. The SMILES string of the molecule is CCCn1c(=O)n(CCc2ccccc2)c(=O)c2c1nc(CC(C)(C)C)n2Cc1ccc(-c2ccccc2-c2nn[nH]n2)cc1. The van der Waals surface area contributed by atoms with Crippen molar-refractivity contribution in [1.29, 1.82) is 0 Å². The summed E-state index contributed by atoms with van der Waals surface area (Å²) in [5.74, 6) is 1.33. The first-order valence-corrected chi connectivity index (χ1v) is 15.4. The summed E-state index contributed by atoms with van der Waals surface area (Å²) in [6, 6.07) is 26.2. The molecule has 10 nitrogen and oxygen atoms in total. The molecule has 0 aliphatic heterocycles. The highest BCUT2D eigenvalue weighted by Crippen LogP contribution is 2.30. The average molecular weight is 603 g/mol. The molecule has 0 fully saturated rings. The van der Waals surface area contributed by atoms with Gasteiger partial charge in [-0.25, -0.2) is 9.78 Å². The Morgan fingerprint density at radius 2 is 1.49 bits per heavy atom. The first-order chi connectivity index (χ1) is 21.7. The van der Waals surface area contributed by atoms with Gasteiger partial charge in [0.05, 0.1) is 0 Å². The molecule has 3 aromatic carbocycles. The molecule has 1 N–H and O–H groups in total. The number of aromatic amines is 1. The highest BCUT2D eigenvalue weighted by Gasteiger charge is 2.24. The van der Waals surface area contributed by atoms with Crippen molar-refractivity contribution in [3.63, 3.8) is 0 Å². The molecule has 10 heteroatoms. The van der Waals surface area contributed by atoms with Gasteiger partial charge >= 0.3 is 5.69 Å². The molecule has 0 atom stereocenters. The Balaban J connectivity index is 1.44. The molecular weight excluding hydrogens is 564 g/mol. The molecule has 6 aromatic rings. The zero-order chi connectivity index (χ0) is 31.6. The molecule has 6 rings (SSSR count). The number of hydrogen-bond donors (Lipinski definition) is 1. The third-order valence-electron chi connectivity index (χ3n) is 7.91. The first-order valence-electron chi connectivity index (χ1n) is 15.4. The van der Waals surface area contributed by atoms with Crippen molar-refractivity contribution in [1.82, 2.24) is 39.3 Å². The summed E-state index contributed by atoms with van der Waals surface area (Å²) in [7, 11) is 0. The van der Waals surface area contributed by atoms with E-state index in [1.165, 1.54) is 4.57 Å². The number of imidazole rings is 1. The van der Waals surface area contributed by atoms with E-state index in [-0.39, 0.29) is 16.7 Å². The number of benzene rings is 3. The van der Waals surface area contributed by atoms with E-state index < -0.39 is 0 Å². The number of fused-ring (bicyclic) bond motifs is 1. The van der Waals surface area contributed by atoms with E-state index in [1.807, 2.05) is 66.1 Å². The molecule has 0 radical (unpaired) electrons. The fourth-order valence-electron chi connectivity index (χ4n) is 5.80. The average Bonchev–Trinajstić information content (AvgIpc) is 3.68. The smallest absolute Gasteiger partial charge is 0.318 e. The van der Waals surface area contributed by atoms with Crippen LogP contribution in [0.3, 0.4) is 0 Å². The summed E-state index contributed by atoms with van der Waals surface area (Å²) in [6.07, 6.45) is 1.99. The Morgan fingerprint density at radius 3 is 2.16 bits per heavy atom. The Bertz CT molecular complexity index is 2030. The predicted octanol–water partition coefficient (Wildman–Crippen LogP) is 5.50. The van der Waals surface area contributed by atoms with Gasteiger partial charge < -0.3 is 4.57 Å². The summed E-state index contributed by atoms with van der Waals surface area (Å²) >= 11 is 0. The standard InChI is InChI=1S/C35H38N8O2/c1-5-20-41-32-30(33(44)42(34(41)45)21-19-24-11-7-6-8-12-24)43(29(36-32)22-35(2,3)4)23-25-15-17-26(18-16-25)27-13-9-10-14-28(27)31-37-39-40-38-31/h6-18H,5,19-23H2,1-4H3,(H,37,38,39,40). The zero-order valence-corrected chi connectivity index (χ0v) is 26.2. The Labute approximate surface area is 261 Å². The van der Waals surface area contributed by atoms with Crippen LogP contribution >= 0.6 is 0 Å². The molecule has 0 amide bonds. The highest BCUT2D eigenvalue weighted by atomic mass is 16.2. The zero-order valence-electron chi connectivity index (χ0n) is 26.2. The van der Waals surface area contributed by atoms with Crippen molar-refractivity contribution in [2.24, 2.45) is 5.41 Å². The molecule has 0 unspecified atom stereocenters. The molecule has 0 saturated carbocycles. The normalized spacial score (nSPS) is 11.8. The second-order valence-electron chi connectivity index (χ2n) is 12.6. The quantitative estimate of drug-likeness (QED) is 0.222. The number of nitrogens with zero attached hydrogens (tertiary/aromatic N) is 7. The lowest BCUT2D eigenvalue weighted by Crippen LogP contribution is -2.41. The van der Waals surface area contributed by atoms with Gasteiger partial charge in [-0.15, -0.1) is 10.2 Å². The minimum atomic E-state index is -0.304. The molecule has 3 aromatic heterocycles. The number of tetrazole rings is 1. The Hall–Kier alpha value is -5.12. The van der Waals surface area contributed by atoms with Crippen LogP contribution in [0, 0.1) is 5.41 Å². The summed E-state index contributed by atoms with van der Waals surface area (Å²) in [5.41, 5.74) is 5.26. The molecule has 0 saturated heterocycles. The lowest BCUT2D eigenvalue weighted by atomic mass is 9.92. The van der Waals surface area contributed by atoms with Crippen LogP contribution < -0.4 is 11.2 Å². The van der Waals surface area contributed by atoms with Crippen LogP contribution in [0.15, 0.2) is 88.5 Å². The Morgan fingerprint density at radius 1 is 0.778 bits per heavy atom. The lowest BCUT2D eigenvalue weighted by Gasteiger charge is -2.19. The van der Waals surface area contributed by atoms with Crippen LogP contribution in [0.25, 0.3) is 33.7 Å². The van der Waals surface area contributed by atoms with Gasteiger partial charge in [0, 0.05) is 31.6 Å². The van der Waals surface area contributed by atoms with Crippen LogP contribution in [-0.2, 0) is 32.5 Å². The molecule has 3 heterocycles. The maximum atomic E-state index is 14.2. The molecule has 0 spiro atoms. The van der Waals surface area contributed by atoms with Gasteiger partial charge in [0.2, 0.25) is 5.82 Å². The minimum absolute atomic E-state index is 0.0793. The molecular formula is C35H38N8O2. The van der Waals surface area contributed by atoms with E-state index in [2.05, 4.69) is 65.7 Å². The Kier molecular flexibility index (Phi) is 8.30. The fraction of sp³-hybridized carbons (Fsp3) is 0.314. The van der Waals surface area contributed by atoms with E-state index in [0.717, 1.165) is 40.1 Å². The van der Waals surface area contributed by atoms with Crippen LogP contribution in [0.4, 0.5) is 0 Å². The van der Waals surface area contributed by atoms with Gasteiger partial charge in [-0.05, 0) is 45.7 Å². The van der Waals surface area contributed by atoms with E-state index in [0.29, 0.717) is 49.5 Å². The third kappa shape index (κ3) is 6.26. The van der Waals surface area contributed by atoms with E-state index in [4.69, 9.17) is 4.98 Å². The summed E-state index contributed by atoms with van der Waals surface area (Å²) < 4.78 is 5.10. The number of aryl methyl sites for hydroxylation is 2. The summed E-state index contributed by atoms with van der Waals surface area (Å²) in [6.45, 7) is 9.74. The largest absolute Gasteiger partial charge is 0.332 e. The third-order valence-corrected chi connectivity index (χ3v) is 7.91. The predicted molar refractivity (Wildman–Crippen MR) is 176 cm³/mol. The van der Waals surface area contributed by atoms with E-state index in [1.54, 1.807) is 4.57 Å². The molecule has 0 aliphatic rings. The first kappa shape index (κ1) is 29.9. The monoisotopic (exact) mass is 602 g/mol. The van der Waals surface area contributed by atoms with Crippen molar-refractivity contribution in [2.45, 2.75) is 66.6 Å². The molecule has 0 aliphatic carbocycles. The topological polar surface area (TPSA) is 116 Å². The van der Waals surface area contributed by atoms with Crippen molar-refractivity contribution in [3.05, 3.63) is 117 Å². The second kappa shape index (κ2) is 12.5. The van der Waals surface area contributed by atoms with Crippen molar-refractivity contribution >= 4 is 11.2 Å². The number of hydrogen-bond acceptors (Lipinski definition) is 6. The van der Waals surface area contributed by atoms with Gasteiger partial charge in [0.15, 0.2) is 11.2 Å². The minimum Gasteiger partial charge on any atom is -0.318 e. The van der Waals surface area contributed by atoms with Crippen molar-refractivity contribution in [3.8, 4) is 22.5 Å². The second-order valence-corrected chi connectivity index (χ2v) is 12.6. The van der Waals surface area contributed by atoms with Gasteiger partial charge in [0.25, 0.3) is 5.56 Å². The number of nitrogens with one attached hydrogen (secondary N) is 1. The fourth-order valence-corrected chi connectivity index (χ4v) is 5.80. The molecule has 45 heavy (non-hydrogen) atoms. The van der Waals surface area contributed by atoms with Crippen LogP contribution in [0.2, 0.25) is 0 Å². The van der Waals surface area contributed by atoms with Gasteiger partial charge in [0.1, 0.15) is 5.82 Å². The van der Waals surface area contributed by atoms with Crippen molar-refractivity contribution < 1.29 is 0 Å². The molecule has 230 valence electrons. The van der Waals surface area contributed by atoms with Crippen LogP contribution in [0.1, 0.15) is 51.1 Å². The van der Waals surface area contributed by atoms with Crippen molar-refractivity contribution in [2.75, 3.05) is 0 Å². The maximum Gasteiger partial charge on any atom is 0.332 e. The van der Waals surface area contributed by atoms with Gasteiger partial charge in [-0.1, -0.05) is 107 Å². The van der Waals surface area contributed by atoms with Crippen LogP contribution in [0.5, 0.6) is 0 Å². The van der Waals surface area contributed by atoms with E-state index in [9.17, 15) is 9.59 Å². The maximum absolute atomic E-state index is 14.2. The van der Waals surface area contributed by atoms with Gasteiger partial charge in [-0.2, -0.15) is 5.21 Å². The van der Waals surface area contributed by atoms with Crippen LogP contribution in [-0.4, -0.2) is 39.3 Å². The summed E-state index contributed by atoms with van der Waals surface area (Å²) in [5, 5.41) is 14.6. The number of aromatic nitrogens is 8. The van der Waals surface area contributed by atoms with E-state index >= 15 is 0 Å². The number of H-pyrrole nitrogens is 1. The lowest BCUT2D eigenvalue weighted by molar-refractivity contribution is 0.394. The molecule has 0 bridgehead atoms. The summed E-state index contributed by atoms with van der Waals surface area (Å²) in [4.78, 5) is 32.9. The number of rotatable bonds is 10.